The maximum Gasteiger partial charge on any atom is 0.374 e. The van der Waals surface area contributed by atoms with Crippen LogP contribution in [0.15, 0.2) is 27.4 Å². The average molecular weight is 334 g/mol. The molecule has 1 aliphatic rings. The highest BCUT2D eigenvalue weighted by Crippen LogP contribution is 2.28. The third-order valence-electron chi connectivity index (χ3n) is 4.09. The quantitative estimate of drug-likeness (QED) is 0.799. The van der Waals surface area contributed by atoms with Crippen LogP contribution in [0.25, 0.3) is 11.0 Å². The molecule has 3 rings (SSSR count). The van der Waals surface area contributed by atoms with Crippen molar-refractivity contribution in [1.29, 1.82) is 0 Å². The van der Waals surface area contributed by atoms with E-state index in [-0.39, 0.29) is 23.3 Å². The lowest BCUT2D eigenvalue weighted by Gasteiger charge is -2.34. The van der Waals surface area contributed by atoms with Crippen molar-refractivity contribution in [3.63, 3.8) is 0 Å². The highest BCUT2D eigenvalue weighted by Gasteiger charge is 2.21. The summed E-state index contributed by atoms with van der Waals surface area (Å²) >= 11 is 0. The number of ether oxygens (including phenoxy) is 1. The van der Waals surface area contributed by atoms with E-state index in [1.54, 1.807) is 6.92 Å². The van der Waals surface area contributed by atoms with Gasteiger partial charge in [0.15, 0.2) is 11.0 Å². The van der Waals surface area contributed by atoms with Crippen LogP contribution in [0.5, 0.6) is 0 Å². The van der Waals surface area contributed by atoms with Crippen LogP contribution in [0.3, 0.4) is 0 Å². The fourth-order valence-corrected chi connectivity index (χ4v) is 2.79. The van der Waals surface area contributed by atoms with Crippen molar-refractivity contribution in [3.05, 3.63) is 40.0 Å². The van der Waals surface area contributed by atoms with Gasteiger partial charge >= 0.3 is 5.97 Å². The smallest absolute Gasteiger partial charge is 0.374 e. The van der Waals surface area contributed by atoms with Gasteiger partial charge in [-0.15, -0.1) is 0 Å². The van der Waals surface area contributed by atoms with Crippen molar-refractivity contribution in [2.24, 2.45) is 0 Å². The predicted molar refractivity (Wildman–Crippen MR) is 88.1 cm³/mol. The van der Waals surface area contributed by atoms with Crippen LogP contribution in [-0.4, -0.2) is 50.7 Å². The lowest BCUT2D eigenvalue weighted by Crippen LogP contribution is -2.44. The zero-order valence-corrected chi connectivity index (χ0v) is 13.7. The molecule has 0 N–H and O–H groups in total. The van der Waals surface area contributed by atoms with Crippen molar-refractivity contribution in [3.8, 4) is 0 Å². The molecule has 24 heavy (non-hydrogen) atoms. The summed E-state index contributed by atoms with van der Waals surface area (Å²) in [6.07, 6.45) is 0. The number of hydrogen-bond donors (Lipinski definition) is 0. The molecule has 0 saturated carbocycles. The summed E-state index contributed by atoms with van der Waals surface area (Å²) in [4.78, 5) is 28.3. The van der Waals surface area contributed by atoms with Crippen LogP contribution in [0, 0.1) is 5.82 Å². The van der Waals surface area contributed by atoms with E-state index in [0.29, 0.717) is 18.8 Å². The minimum absolute atomic E-state index is 0.122. The standard InChI is InChI=1S/C17H19FN2O4/c1-3-23-17(22)15-10-14(21)12-8-11(18)9-13(16(12)24-15)20-6-4-19(2)5-7-20/h8-10H,3-7H2,1-2H3. The van der Waals surface area contributed by atoms with Gasteiger partial charge in [-0.2, -0.15) is 0 Å². The first-order valence-corrected chi connectivity index (χ1v) is 7.87. The number of halogens is 1. The Morgan fingerprint density at radius 2 is 1.96 bits per heavy atom. The molecule has 1 aliphatic heterocycles. The number of rotatable bonds is 3. The van der Waals surface area contributed by atoms with Gasteiger partial charge in [0, 0.05) is 38.3 Å². The lowest BCUT2D eigenvalue weighted by molar-refractivity contribution is 0.0490. The van der Waals surface area contributed by atoms with Crippen molar-refractivity contribution in [2.75, 3.05) is 44.7 Å². The van der Waals surface area contributed by atoms with Crippen LogP contribution in [0.1, 0.15) is 17.5 Å². The minimum Gasteiger partial charge on any atom is -0.460 e. The Morgan fingerprint density at radius 1 is 1.25 bits per heavy atom. The van der Waals surface area contributed by atoms with Crippen LogP contribution < -0.4 is 10.3 Å². The van der Waals surface area contributed by atoms with Gasteiger partial charge in [-0.1, -0.05) is 0 Å². The third kappa shape index (κ3) is 3.12. The number of piperazine rings is 1. The summed E-state index contributed by atoms with van der Waals surface area (Å²) in [6, 6.07) is 3.52. The monoisotopic (exact) mass is 334 g/mol. The molecule has 1 fully saturated rings. The second kappa shape index (κ2) is 6.60. The number of carbonyl (C=O) groups excluding carboxylic acids is 1. The molecule has 2 heterocycles. The van der Waals surface area contributed by atoms with Gasteiger partial charge in [-0.05, 0) is 20.0 Å². The SMILES string of the molecule is CCOC(=O)c1cc(=O)c2cc(F)cc(N3CCN(C)CC3)c2o1. The molecule has 1 aromatic heterocycles. The Balaban J connectivity index is 2.13. The van der Waals surface area contributed by atoms with E-state index in [9.17, 15) is 14.0 Å². The Morgan fingerprint density at radius 3 is 2.62 bits per heavy atom. The first kappa shape index (κ1) is 16.4. The summed E-state index contributed by atoms with van der Waals surface area (Å²) in [5, 5.41) is 0.122. The van der Waals surface area contributed by atoms with E-state index < -0.39 is 17.2 Å². The molecule has 1 aromatic carbocycles. The Kier molecular flexibility index (Phi) is 4.53. The van der Waals surface area contributed by atoms with Crippen LogP contribution in [0.2, 0.25) is 0 Å². The number of fused-ring (bicyclic) bond motifs is 1. The first-order chi connectivity index (χ1) is 11.5. The molecule has 128 valence electrons. The van der Waals surface area contributed by atoms with Crippen LogP contribution in [0.4, 0.5) is 10.1 Å². The number of carbonyl (C=O) groups is 1. The van der Waals surface area contributed by atoms with Gasteiger partial charge < -0.3 is 19.0 Å². The zero-order valence-electron chi connectivity index (χ0n) is 13.7. The van der Waals surface area contributed by atoms with Crippen molar-refractivity contribution in [1.82, 2.24) is 4.90 Å². The molecule has 0 aliphatic carbocycles. The van der Waals surface area contributed by atoms with Gasteiger partial charge in [0.2, 0.25) is 5.76 Å². The molecular formula is C17H19FN2O4. The fraction of sp³-hybridized carbons (Fsp3) is 0.412. The van der Waals surface area contributed by atoms with Crippen molar-refractivity contribution >= 4 is 22.6 Å². The number of hydrogen-bond acceptors (Lipinski definition) is 6. The van der Waals surface area contributed by atoms with Gasteiger partial charge in [0.25, 0.3) is 0 Å². The second-order valence-electron chi connectivity index (χ2n) is 5.79. The van der Waals surface area contributed by atoms with Crippen molar-refractivity contribution < 1.29 is 18.3 Å². The Labute approximate surface area is 138 Å². The van der Waals surface area contributed by atoms with E-state index in [1.807, 2.05) is 11.9 Å². The Bertz CT molecular complexity index is 825. The van der Waals surface area contributed by atoms with Crippen LogP contribution in [-0.2, 0) is 4.74 Å². The summed E-state index contributed by atoms with van der Waals surface area (Å²) in [5.74, 6) is -1.38. The van der Waals surface area contributed by atoms with Crippen molar-refractivity contribution in [2.45, 2.75) is 6.92 Å². The number of anilines is 1. The van der Waals surface area contributed by atoms with E-state index in [4.69, 9.17) is 9.15 Å². The summed E-state index contributed by atoms with van der Waals surface area (Å²) in [6.45, 7) is 4.85. The molecule has 0 atom stereocenters. The minimum atomic E-state index is -0.704. The molecule has 0 unspecified atom stereocenters. The first-order valence-electron chi connectivity index (χ1n) is 7.87. The molecule has 6 nitrogen and oxygen atoms in total. The molecule has 0 radical (unpaired) electrons. The highest BCUT2D eigenvalue weighted by atomic mass is 19.1. The molecule has 0 spiro atoms. The maximum absolute atomic E-state index is 14.0. The number of nitrogens with zero attached hydrogens (tertiary/aromatic N) is 2. The zero-order chi connectivity index (χ0) is 17.3. The van der Waals surface area contributed by atoms with Crippen LogP contribution >= 0.6 is 0 Å². The summed E-state index contributed by atoms with van der Waals surface area (Å²) in [7, 11) is 2.01. The predicted octanol–water partition coefficient (Wildman–Crippen LogP) is 1.86. The number of esters is 1. The van der Waals surface area contributed by atoms with Gasteiger partial charge in [0.05, 0.1) is 17.7 Å². The molecule has 7 heteroatoms. The lowest BCUT2D eigenvalue weighted by atomic mass is 10.1. The molecule has 0 amide bonds. The number of likely N-dealkylation sites (N-methyl/N-ethyl adjacent to an activating group) is 1. The fourth-order valence-electron chi connectivity index (χ4n) is 2.79. The Hall–Kier alpha value is -2.41. The summed E-state index contributed by atoms with van der Waals surface area (Å²) in [5.41, 5.74) is 0.243. The largest absolute Gasteiger partial charge is 0.460 e. The molecule has 0 bridgehead atoms. The number of benzene rings is 1. The average Bonchev–Trinajstić information content (AvgIpc) is 2.56. The molecular weight excluding hydrogens is 315 g/mol. The van der Waals surface area contributed by atoms with E-state index in [0.717, 1.165) is 25.2 Å². The van der Waals surface area contributed by atoms with Gasteiger partial charge in [-0.25, -0.2) is 9.18 Å². The molecule has 2 aromatic rings. The van der Waals surface area contributed by atoms with E-state index in [1.165, 1.54) is 6.07 Å². The normalized spacial score (nSPS) is 15.7. The molecule has 1 saturated heterocycles. The summed E-state index contributed by atoms with van der Waals surface area (Å²) < 4.78 is 24.5. The van der Waals surface area contributed by atoms with E-state index in [2.05, 4.69) is 4.90 Å². The van der Waals surface area contributed by atoms with Gasteiger partial charge in [0.1, 0.15) is 5.82 Å². The third-order valence-corrected chi connectivity index (χ3v) is 4.09. The topological polar surface area (TPSA) is 63.0 Å². The maximum atomic E-state index is 14.0. The highest BCUT2D eigenvalue weighted by molar-refractivity contribution is 5.93. The van der Waals surface area contributed by atoms with Gasteiger partial charge in [-0.3, -0.25) is 4.79 Å². The van der Waals surface area contributed by atoms with E-state index >= 15 is 0 Å². The second-order valence-corrected chi connectivity index (χ2v) is 5.79.